The van der Waals surface area contributed by atoms with Gasteiger partial charge in [0.25, 0.3) is 0 Å². The van der Waals surface area contributed by atoms with Gasteiger partial charge in [-0.15, -0.1) is 0 Å². The van der Waals surface area contributed by atoms with E-state index in [0.29, 0.717) is 17.0 Å². The highest BCUT2D eigenvalue weighted by Crippen LogP contribution is 2.32. The number of hydrogen-bond donors (Lipinski definition) is 1. The summed E-state index contributed by atoms with van der Waals surface area (Å²) in [5, 5.41) is 16.6. The Balaban J connectivity index is 1.61. The molecule has 0 saturated heterocycles. The van der Waals surface area contributed by atoms with Crippen LogP contribution in [0.25, 0.3) is 27.8 Å². The number of pyridine rings is 1. The Labute approximate surface area is 210 Å². The van der Waals surface area contributed by atoms with E-state index in [1.54, 1.807) is 12.1 Å². The summed E-state index contributed by atoms with van der Waals surface area (Å²) in [5.41, 5.74) is 2.60. The first kappa shape index (κ1) is 24.2. The van der Waals surface area contributed by atoms with Gasteiger partial charge in [0.1, 0.15) is 0 Å². The highest BCUT2D eigenvalue weighted by Gasteiger charge is 2.31. The molecule has 2 heterocycles. The van der Waals surface area contributed by atoms with Crippen LogP contribution < -0.4 is 0 Å². The van der Waals surface area contributed by atoms with E-state index >= 15 is 0 Å². The Hall–Kier alpha value is -4.46. The van der Waals surface area contributed by atoms with Gasteiger partial charge in [0, 0.05) is 18.2 Å². The minimum absolute atomic E-state index is 0.104. The predicted octanol–water partition coefficient (Wildman–Crippen LogP) is 6.83. The van der Waals surface area contributed by atoms with Gasteiger partial charge in [-0.1, -0.05) is 66.2 Å². The van der Waals surface area contributed by atoms with Gasteiger partial charge in [-0.3, -0.25) is 4.79 Å². The van der Waals surface area contributed by atoms with Crippen LogP contribution >= 0.6 is 0 Å². The van der Waals surface area contributed by atoms with Crippen molar-refractivity contribution in [1.82, 2.24) is 14.8 Å². The van der Waals surface area contributed by atoms with Gasteiger partial charge in [-0.25, -0.2) is 9.67 Å². The third-order valence-electron chi connectivity index (χ3n) is 6.25. The van der Waals surface area contributed by atoms with Gasteiger partial charge in [0.15, 0.2) is 5.82 Å². The number of carbonyl (C=O) groups is 1. The van der Waals surface area contributed by atoms with Gasteiger partial charge >= 0.3 is 12.1 Å². The molecule has 8 heteroatoms. The largest absolute Gasteiger partial charge is 0.481 e. The third kappa shape index (κ3) is 5.09. The van der Waals surface area contributed by atoms with Crippen molar-refractivity contribution in [2.24, 2.45) is 0 Å². The molecule has 5 nitrogen and oxygen atoms in total. The number of rotatable bonds is 6. The number of alkyl halides is 3. The number of hydrogen-bond acceptors (Lipinski definition) is 3. The van der Waals surface area contributed by atoms with Crippen LogP contribution in [0.3, 0.4) is 0 Å². The summed E-state index contributed by atoms with van der Waals surface area (Å²) in [6.45, 7) is 1.89. The molecule has 2 aromatic heterocycles. The van der Waals surface area contributed by atoms with Gasteiger partial charge in [-0.2, -0.15) is 18.3 Å². The van der Waals surface area contributed by atoms with E-state index in [4.69, 9.17) is 0 Å². The maximum Gasteiger partial charge on any atom is 0.417 e. The van der Waals surface area contributed by atoms with Gasteiger partial charge in [-0.05, 0) is 47.5 Å². The average molecular weight is 502 g/mol. The number of carboxylic acid groups (broad SMARTS) is 1. The van der Waals surface area contributed by atoms with Crippen molar-refractivity contribution in [2.75, 3.05) is 0 Å². The van der Waals surface area contributed by atoms with Crippen LogP contribution in [-0.4, -0.2) is 25.8 Å². The van der Waals surface area contributed by atoms with Crippen LogP contribution in [0.5, 0.6) is 0 Å². The first-order valence-corrected chi connectivity index (χ1v) is 11.6. The first-order valence-electron chi connectivity index (χ1n) is 11.6. The summed E-state index contributed by atoms with van der Waals surface area (Å²) >= 11 is 0. The van der Waals surface area contributed by atoms with Crippen molar-refractivity contribution >= 4 is 16.7 Å². The molecule has 0 radical (unpaired) electrons. The predicted molar refractivity (Wildman–Crippen MR) is 135 cm³/mol. The molecule has 3 aromatic carbocycles. The highest BCUT2D eigenvalue weighted by molar-refractivity contribution is 5.87. The second-order valence-electron chi connectivity index (χ2n) is 8.91. The van der Waals surface area contributed by atoms with Gasteiger partial charge in [0.2, 0.25) is 0 Å². The maximum atomic E-state index is 13.1. The van der Waals surface area contributed by atoms with Crippen LogP contribution in [0, 0.1) is 6.92 Å². The Morgan fingerprint density at radius 3 is 2.41 bits per heavy atom. The Morgan fingerprint density at radius 1 is 0.946 bits per heavy atom. The quantitative estimate of drug-likeness (QED) is 0.277. The average Bonchev–Trinajstić information content (AvgIpc) is 3.30. The summed E-state index contributed by atoms with van der Waals surface area (Å²) in [4.78, 5) is 16.2. The molecule has 1 N–H and O–H groups in total. The molecular formula is C29H22F3N3O2. The van der Waals surface area contributed by atoms with Gasteiger partial charge < -0.3 is 5.11 Å². The normalized spacial score (nSPS) is 12.5. The second kappa shape index (κ2) is 9.54. The lowest BCUT2D eigenvalue weighted by Crippen LogP contribution is -2.15. The Bertz CT molecular complexity index is 1590. The minimum atomic E-state index is -4.51. The fraction of sp³-hybridized carbons (Fsp3) is 0.138. The van der Waals surface area contributed by atoms with Crippen molar-refractivity contribution in [3.63, 3.8) is 0 Å². The van der Waals surface area contributed by atoms with Crippen molar-refractivity contribution in [3.8, 4) is 17.1 Å². The Morgan fingerprint density at radius 2 is 1.73 bits per heavy atom. The molecule has 0 aliphatic heterocycles. The van der Waals surface area contributed by atoms with E-state index in [0.717, 1.165) is 34.2 Å². The molecule has 5 aromatic rings. The minimum Gasteiger partial charge on any atom is -0.481 e. The number of fused-ring (bicyclic) bond motifs is 1. The summed E-state index contributed by atoms with van der Waals surface area (Å²) in [6, 6.07) is 24.9. The molecule has 0 fully saturated rings. The summed E-state index contributed by atoms with van der Waals surface area (Å²) in [7, 11) is 0. The number of carboxylic acids is 1. The summed E-state index contributed by atoms with van der Waals surface area (Å²) in [5.74, 6) is -1.63. The van der Waals surface area contributed by atoms with E-state index in [9.17, 15) is 23.1 Å². The number of halogens is 3. The lowest BCUT2D eigenvalue weighted by Gasteiger charge is -2.12. The highest BCUT2D eigenvalue weighted by atomic mass is 19.4. The molecule has 5 rings (SSSR count). The smallest absolute Gasteiger partial charge is 0.417 e. The van der Waals surface area contributed by atoms with Crippen LogP contribution in [0.4, 0.5) is 13.2 Å². The molecule has 0 bridgehead atoms. The van der Waals surface area contributed by atoms with E-state index in [1.807, 2.05) is 67.6 Å². The zero-order valence-electron chi connectivity index (χ0n) is 19.8. The SMILES string of the molecule is Cc1cccc(C(Cc2cc(-c3ccc4ccccc4c3)n(-c3ccc(C(F)(F)F)cn3)n2)C(=O)O)c1. The van der Waals surface area contributed by atoms with Crippen molar-refractivity contribution in [2.45, 2.75) is 25.4 Å². The van der Waals surface area contributed by atoms with Crippen molar-refractivity contribution < 1.29 is 23.1 Å². The molecule has 0 amide bonds. The number of benzene rings is 3. The van der Waals surface area contributed by atoms with Crippen molar-refractivity contribution in [3.05, 3.63) is 114 Å². The zero-order valence-corrected chi connectivity index (χ0v) is 19.8. The molecule has 1 unspecified atom stereocenters. The number of nitrogens with zero attached hydrogens (tertiary/aromatic N) is 3. The fourth-order valence-corrected chi connectivity index (χ4v) is 4.38. The molecule has 37 heavy (non-hydrogen) atoms. The van der Waals surface area contributed by atoms with Gasteiger partial charge in [0.05, 0.1) is 22.9 Å². The standard InChI is InChI=1S/C29H22F3N3O2/c1-18-5-4-8-21(13-18)25(28(36)37)15-24-16-26(22-10-9-19-6-2-3-7-20(19)14-22)35(34-24)27-12-11-23(17-33-27)29(30,31)32/h2-14,16-17,25H,15H2,1H3,(H,36,37). The second-order valence-corrected chi connectivity index (χ2v) is 8.91. The molecule has 0 saturated carbocycles. The van der Waals surface area contributed by atoms with Crippen LogP contribution in [0.1, 0.15) is 28.3 Å². The van der Waals surface area contributed by atoms with E-state index < -0.39 is 23.6 Å². The zero-order chi connectivity index (χ0) is 26.2. The lowest BCUT2D eigenvalue weighted by atomic mass is 9.93. The maximum absolute atomic E-state index is 13.1. The first-order chi connectivity index (χ1) is 17.7. The van der Waals surface area contributed by atoms with Crippen LogP contribution in [0.15, 0.2) is 91.1 Å². The molecular weight excluding hydrogens is 479 g/mol. The monoisotopic (exact) mass is 501 g/mol. The summed E-state index contributed by atoms with van der Waals surface area (Å²) in [6.07, 6.45) is -3.63. The third-order valence-corrected chi connectivity index (χ3v) is 6.25. The molecule has 186 valence electrons. The fourth-order valence-electron chi connectivity index (χ4n) is 4.38. The molecule has 0 aliphatic carbocycles. The number of aryl methyl sites for hydroxylation is 1. The van der Waals surface area contributed by atoms with Crippen LogP contribution in [-0.2, 0) is 17.4 Å². The van der Waals surface area contributed by atoms with Crippen molar-refractivity contribution in [1.29, 1.82) is 0 Å². The molecule has 0 spiro atoms. The molecule has 1 atom stereocenters. The van der Waals surface area contributed by atoms with Crippen LogP contribution in [0.2, 0.25) is 0 Å². The number of aromatic nitrogens is 3. The lowest BCUT2D eigenvalue weighted by molar-refractivity contribution is -0.139. The Kier molecular flexibility index (Phi) is 6.25. The molecule has 0 aliphatic rings. The number of aliphatic carboxylic acids is 1. The van der Waals surface area contributed by atoms with E-state index in [2.05, 4.69) is 10.1 Å². The summed E-state index contributed by atoms with van der Waals surface area (Å²) < 4.78 is 40.8. The van der Waals surface area contributed by atoms with E-state index in [-0.39, 0.29) is 12.2 Å². The van der Waals surface area contributed by atoms with E-state index in [1.165, 1.54) is 10.7 Å². The topological polar surface area (TPSA) is 68.0 Å².